The van der Waals surface area contributed by atoms with Gasteiger partial charge in [-0.25, -0.2) is 4.39 Å². The second-order valence-electron chi connectivity index (χ2n) is 4.59. The normalized spacial score (nSPS) is 18.5. The van der Waals surface area contributed by atoms with Gasteiger partial charge in [0.25, 0.3) is 0 Å². The Labute approximate surface area is 113 Å². The van der Waals surface area contributed by atoms with Gasteiger partial charge in [-0.2, -0.15) is 0 Å². The Morgan fingerprint density at radius 3 is 2.53 bits per heavy atom. The zero-order chi connectivity index (χ0) is 11.5. The number of rotatable bonds is 2. The van der Waals surface area contributed by atoms with E-state index >= 15 is 0 Å². The van der Waals surface area contributed by atoms with Crippen molar-refractivity contribution in [2.45, 2.75) is 38.1 Å². The molecule has 1 saturated carbocycles. The number of hydrogen-bond acceptors (Lipinski definition) is 1. The second-order valence-corrected chi connectivity index (χ2v) is 5.00. The number of hydrogen-bond donors (Lipinski definition) is 1. The predicted molar refractivity (Wildman–Crippen MR) is 72.2 cm³/mol. The Hall–Kier alpha value is -0.310. The third kappa shape index (κ3) is 3.57. The van der Waals surface area contributed by atoms with Crippen LogP contribution in [0.2, 0.25) is 5.02 Å². The van der Waals surface area contributed by atoms with E-state index in [0.29, 0.717) is 10.9 Å². The lowest BCUT2D eigenvalue weighted by Crippen LogP contribution is -2.23. The molecule has 0 spiro atoms. The molecular formula is C13H18Cl2FN. The third-order valence-electron chi connectivity index (χ3n) is 3.47. The van der Waals surface area contributed by atoms with E-state index in [-0.39, 0.29) is 24.3 Å². The fourth-order valence-electron chi connectivity index (χ4n) is 2.52. The first-order chi connectivity index (χ1) is 7.68. The lowest BCUT2D eigenvalue weighted by atomic mass is 9.81. The first-order valence-corrected chi connectivity index (χ1v) is 6.27. The van der Waals surface area contributed by atoms with Gasteiger partial charge in [-0.05, 0) is 42.5 Å². The third-order valence-corrected chi connectivity index (χ3v) is 3.82. The molecule has 96 valence electrons. The van der Waals surface area contributed by atoms with Crippen LogP contribution in [0.1, 0.15) is 43.7 Å². The molecule has 1 aromatic rings. The van der Waals surface area contributed by atoms with Crippen LogP contribution in [0.5, 0.6) is 0 Å². The maximum absolute atomic E-state index is 13.2. The Morgan fingerprint density at radius 1 is 1.24 bits per heavy atom. The highest BCUT2D eigenvalue weighted by Crippen LogP contribution is 2.35. The van der Waals surface area contributed by atoms with E-state index in [9.17, 15) is 4.39 Å². The molecule has 4 heteroatoms. The molecule has 1 aliphatic carbocycles. The van der Waals surface area contributed by atoms with Crippen LogP contribution in [0.4, 0.5) is 4.39 Å². The Bertz CT molecular complexity index is 364. The Kier molecular flexibility index (Phi) is 5.71. The molecule has 1 nitrogen and oxygen atoms in total. The highest BCUT2D eigenvalue weighted by molar-refractivity contribution is 6.31. The molecule has 0 aliphatic heterocycles. The van der Waals surface area contributed by atoms with Crippen LogP contribution in [0.25, 0.3) is 0 Å². The summed E-state index contributed by atoms with van der Waals surface area (Å²) in [5.74, 6) is 0.193. The highest BCUT2D eigenvalue weighted by Gasteiger charge is 2.23. The largest absolute Gasteiger partial charge is 0.324 e. The van der Waals surface area contributed by atoms with Gasteiger partial charge < -0.3 is 5.73 Å². The Balaban J connectivity index is 0.00000144. The van der Waals surface area contributed by atoms with Crippen LogP contribution >= 0.6 is 24.0 Å². The number of halogens is 3. The highest BCUT2D eigenvalue weighted by atomic mass is 35.5. The summed E-state index contributed by atoms with van der Waals surface area (Å²) in [6.07, 6.45) is 6.01. The smallest absolute Gasteiger partial charge is 0.123 e. The summed E-state index contributed by atoms with van der Waals surface area (Å²) in [5, 5.41) is 0.583. The van der Waals surface area contributed by atoms with Gasteiger partial charge in [-0.1, -0.05) is 30.9 Å². The lowest BCUT2D eigenvalue weighted by Gasteiger charge is -2.28. The van der Waals surface area contributed by atoms with Crippen LogP contribution in [-0.2, 0) is 0 Å². The summed E-state index contributed by atoms with van der Waals surface area (Å²) < 4.78 is 13.2. The average molecular weight is 278 g/mol. The molecule has 0 bridgehead atoms. The Morgan fingerprint density at radius 2 is 1.88 bits per heavy atom. The van der Waals surface area contributed by atoms with E-state index in [1.54, 1.807) is 6.07 Å². The molecule has 0 amide bonds. The molecule has 1 atom stereocenters. The molecular weight excluding hydrogens is 260 g/mol. The van der Waals surface area contributed by atoms with E-state index in [1.165, 1.54) is 31.4 Å². The lowest BCUT2D eigenvalue weighted by molar-refractivity contribution is 0.308. The van der Waals surface area contributed by atoms with Crippen molar-refractivity contribution in [2.75, 3.05) is 0 Å². The van der Waals surface area contributed by atoms with Crippen LogP contribution < -0.4 is 5.73 Å². The monoisotopic (exact) mass is 277 g/mol. The molecule has 2 rings (SSSR count). The standard InChI is InChI=1S/C13H17ClFN.ClH/c14-12-7-6-10(15)8-11(12)13(16)9-4-2-1-3-5-9;/h6-9,13H,1-5,16H2;1H/t13-;/m0./s1. The average Bonchev–Trinajstić information content (AvgIpc) is 2.32. The molecule has 0 aromatic heterocycles. The number of nitrogens with two attached hydrogens (primary N) is 1. The predicted octanol–water partition coefficient (Wildman–Crippen LogP) is 4.48. The van der Waals surface area contributed by atoms with E-state index in [2.05, 4.69) is 0 Å². The quantitative estimate of drug-likeness (QED) is 0.848. The molecule has 0 heterocycles. The van der Waals surface area contributed by atoms with Gasteiger partial charge in [0.15, 0.2) is 0 Å². The van der Waals surface area contributed by atoms with Crippen LogP contribution in [-0.4, -0.2) is 0 Å². The summed E-state index contributed by atoms with van der Waals surface area (Å²) in [7, 11) is 0. The topological polar surface area (TPSA) is 26.0 Å². The molecule has 2 N–H and O–H groups in total. The number of benzene rings is 1. The molecule has 1 aromatic carbocycles. The molecule has 17 heavy (non-hydrogen) atoms. The van der Waals surface area contributed by atoms with Crippen LogP contribution in [0, 0.1) is 11.7 Å². The molecule has 1 aliphatic rings. The molecule has 0 radical (unpaired) electrons. The minimum absolute atomic E-state index is 0. The zero-order valence-electron chi connectivity index (χ0n) is 9.66. The minimum Gasteiger partial charge on any atom is -0.324 e. The second kappa shape index (κ2) is 6.58. The maximum Gasteiger partial charge on any atom is 0.123 e. The summed E-state index contributed by atoms with van der Waals surface area (Å²) in [5.41, 5.74) is 6.95. The van der Waals surface area contributed by atoms with Crippen LogP contribution in [0.3, 0.4) is 0 Å². The van der Waals surface area contributed by atoms with E-state index < -0.39 is 0 Å². The van der Waals surface area contributed by atoms with Gasteiger partial charge in [0.1, 0.15) is 5.82 Å². The van der Waals surface area contributed by atoms with Crippen molar-refractivity contribution in [1.29, 1.82) is 0 Å². The van der Waals surface area contributed by atoms with Gasteiger partial charge in [0.2, 0.25) is 0 Å². The molecule has 0 unspecified atom stereocenters. The zero-order valence-corrected chi connectivity index (χ0v) is 11.2. The molecule has 1 fully saturated rings. The summed E-state index contributed by atoms with van der Waals surface area (Å²) in [6.45, 7) is 0. The van der Waals surface area contributed by atoms with Crippen molar-refractivity contribution >= 4 is 24.0 Å². The van der Waals surface area contributed by atoms with Crippen molar-refractivity contribution in [3.05, 3.63) is 34.6 Å². The SMILES string of the molecule is Cl.N[C@H](c1cc(F)ccc1Cl)C1CCCCC1. The van der Waals surface area contributed by atoms with E-state index in [0.717, 1.165) is 18.4 Å². The van der Waals surface area contributed by atoms with Gasteiger partial charge in [0, 0.05) is 11.1 Å². The van der Waals surface area contributed by atoms with Gasteiger partial charge >= 0.3 is 0 Å². The van der Waals surface area contributed by atoms with Crippen molar-refractivity contribution in [3.8, 4) is 0 Å². The summed E-state index contributed by atoms with van der Waals surface area (Å²) in [6, 6.07) is 4.32. The fourth-order valence-corrected chi connectivity index (χ4v) is 2.76. The van der Waals surface area contributed by atoms with Crippen molar-refractivity contribution < 1.29 is 4.39 Å². The van der Waals surface area contributed by atoms with Crippen molar-refractivity contribution in [3.63, 3.8) is 0 Å². The summed E-state index contributed by atoms with van der Waals surface area (Å²) in [4.78, 5) is 0. The van der Waals surface area contributed by atoms with Crippen molar-refractivity contribution in [1.82, 2.24) is 0 Å². The molecule has 0 saturated heterocycles. The van der Waals surface area contributed by atoms with Crippen LogP contribution in [0.15, 0.2) is 18.2 Å². The fraction of sp³-hybridized carbons (Fsp3) is 0.538. The van der Waals surface area contributed by atoms with E-state index in [4.69, 9.17) is 17.3 Å². The maximum atomic E-state index is 13.2. The van der Waals surface area contributed by atoms with Crippen molar-refractivity contribution in [2.24, 2.45) is 11.7 Å². The first kappa shape index (κ1) is 14.7. The van der Waals surface area contributed by atoms with E-state index in [1.807, 2.05) is 0 Å². The first-order valence-electron chi connectivity index (χ1n) is 5.89. The van der Waals surface area contributed by atoms with Gasteiger partial charge in [0.05, 0.1) is 0 Å². The minimum atomic E-state index is -0.259. The summed E-state index contributed by atoms with van der Waals surface area (Å²) >= 11 is 6.06. The van der Waals surface area contributed by atoms with Gasteiger partial charge in [-0.15, -0.1) is 12.4 Å². The van der Waals surface area contributed by atoms with Gasteiger partial charge in [-0.3, -0.25) is 0 Å².